The average molecular weight is 206 g/mol. The Kier molecular flexibility index (Phi) is 9.26. The highest BCUT2D eigenvalue weighted by Crippen LogP contribution is 2.10. The molecule has 0 radical (unpaired) electrons. The first-order valence-electron chi connectivity index (χ1n) is 6.21. The standard InChI is InChI=1S/C15H26/c1-5-7-8-12-15(10-6-2)13-9-11-14(3)4/h9,11-13H,5-8,10H2,1-4H3/b13-9-,15-12+. The summed E-state index contributed by atoms with van der Waals surface area (Å²) in [6.45, 7) is 8.74. The summed E-state index contributed by atoms with van der Waals surface area (Å²) in [5.74, 6) is 0. The molecule has 0 aliphatic carbocycles. The van der Waals surface area contributed by atoms with E-state index in [4.69, 9.17) is 0 Å². The molecular formula is C15H26. The monoisotopic (exact) mass is 206 g/mol. The van der Waals surface area contributed by atoms with Gasteiger partial charge in [-0.2, -0.15) is 0 Å². The second kappa shape index (κ2) is 9.76. The summed E-state index contributed by atoms with van der Waals surface area (Å²) in [5.41, 5.74) is 2.85. The van der Waals surface area contributed by atoms with Crippen LogP contribution in [0.15, 0.2) is 35.5 Å². The van der Waals surface area contributed by atoms with Gasteiger partial charge >= 0.3 is 0 Å². The molecule has 86 valence electrons. The molecule has 0 aromatic heterocycles. The first-order chi connectivity index (χ1) is 7.20. The van der Waals surface area contributed by atoms with Crippen molar-refractivity contribution >= 4 is 0 Å². The molecule has 0 rings (SSSR count). The van der Waals surface area contributed by atoms with Crippen LogP contribution in [0.1, 0.15) is 59.8 Å². The molecule has 0 spiro atoms. The summed E-state index contributed by atoms with van der Waals surface area (Å²) in [6.07, 6.45) is 15.2. The zero-order valence-electron chi connectivity index (χ0n) is 10.8. The van der Waals surface area contributed by atoms with Gasteiger partial charge in [0, 0.05) is 0 Å². The van der Waals surface area contributed by atoms with E-state index in [-0.39, 0.29) is 0 Å². The van der Waals surface area contributed by atoms with Crippen molar-refractivity contribution < 1.29 is 0 Å². The van der Waals surface area contributed by atoms with Gasteiger partial charge in [-0.3, -0.25) is 0 Å². The average Bonchev–Trinajstić information content (AvgIpc) is 2.17. The Morgan fingerprint density at radius 3 is 2.33 bits per heavy atom. The maximum atomic E-state index is 2.39. The maximum absolute atomic E-state index is 2.39. The summed E-state index contributed by atoms with van der Waals surface area (Å²) in [7, 11) is 0. The number of hydrogen-bond acceptors (Lipinski definition) is 0. The Morgan fingerprint density at radius 2 is 1.80 bits per heavy atom. The minimum Gasteiger partial charge on any atom is -0.0813 e. The quantitative estimate of drug-likeness (QED) is 0.385. The Balaban J connectivity index is 4.19. The van der Waals surface area contributed by atoms with Crippen molar-refractivity contribution in [1.29, 1.82) is 0 Å². The third kappa shape index (κ3) is 9.52. The van der Waals surface area contributed by atoms with Gasteiger partial charge in [-0.25, -0.2) is 0 Å². The van der Waals surface area contributed by atoms with Gasteiger partial charge in [0.2, 0.25) is 0 Å². The molecule has 0 aliphatic heterocycles. The fourth-order valence-corrected chi connectivity index (χ4v) is 1.40. The highest BCUT2D eigenvalue weighted by Gasteiger charge is 1.89. The lowest BCUT2D eigenvalue weighted by atomic mass is 10.1. The summed E-state index contributed by atoms with van der Waals surface area (Å²) in [6, 6.07) is 0. The highest BCUT2D eigenvalue weighted by atomic mass is 14.0. The first kappa shape index (κ1) is 14.2. The van der Waals surface area contributed by atoms with E-state index in [0.29, 0.717) is 0 Å². The third-order valence-corrected chi connectivity index (χ3v) is 2.24. The molecule has 0 aromatic rings. The van der Waals surface area contributed by atoms with Crippen molar-refractivity contribution in [2.75, 3.05) is 0 Å². The molecule has 0 saturated heterocycles. The van der Waals surface area contributed by atoms with Gasteiger partial charge in [-0.15, -0.1) is 0 Å². The molecule has 0 aromatic carbocycles. The smallest absolute Gasteiger partial charge is 0.0285 e. The predicted octanol–water partition coefficient (Wildman–Crippen LogP) is 5.43. The van der Waals surface area contributed by atoms with Gasteiger partial charge < -0.3 is 0 Å². The number of hydrogen-bond donors (Lipinski definition) is 0. The van der Waals surface area contributed by atoms with Gasteiger partial charge in [-0.05, 0) is 26.7 Å². The number of rotatable bonds is 7. The van der Waals surface area contributed by atoms with Crippen LogP contribution in [0, 0.1) is 0 Å². The maximum Gasteiger partial charge on any atom is -0.0285 e. The van der Waals surface area contributed by atoms with E-state index in [1.54, 1.807) is 0 Å². The highest BCUT2D eigenvalue weighted by molar-refractivity contribution is 5.23. The molecule has 0 nitrogen and oxygen atoms in total. The van der Waals surface area contributed by atoms with E-state index in [1.165, 1.54) is 43.3 Å². The van der Waals surface area contributed by atoms with Crippen molar-refractivity contribution in [3.8, 4) is 0 Å². The van der Waals surface area contributed by atoms with Gasteiger partial charge in [0.1, 0.15) is 0 Å². The SMILES string of the molecule is CCCC/C=C(/C=C\C=C(C)C)CCC. The van der Waals surface area contributed by atoms with Gasteiger partial charge in [0.25, 0.3) is 0 Å². The van der Waals surface area contributed by atoms with Crippen molar-refractivity contribution in [3.63, 3.8) is 0 Å². The zero-order chi connectivity index (χ0) is 11.5. The molecule has 0 unspecified atom stereocenters. The molecule has 0 aliphatic rings. The van der Waals surface area contributed by atoms with E-state index in [2.05, 4.69) is 52.0 Å². The largest absolute Gasteiger partial charge is 0.0813 e. The molecule has 0 fully saturated rings. The van der Waals surface area contributed by atoms with Crippen LogP contribution in [-0.4, -0.2) is 0 Å². The van der Waals surface area contributed by atoms with Gasteiger partial charge in [0.15, 0.2) is 0 Å². The molecule has 0 atom stereocenters. The third-order valence-electron chi connectivity index (χ3n) is 2.24. The van der Waals surface area contributed by atoms with Crippen LogP contribution in [0.5, 0.6) is 0 Å². The first-order valence-corrected chi connectivity index (χ1v) is 6.21. The van der Waals surface area contributed by atoms with Crippen molar-refractivity contribution in [2.24, 2.45) is 0 Å². The minimum atomic E-state index is 1.21. The summed E-state index contributed by atoms with van der Waals surface area (Å²) in [5, 5.41) is 0. The summed E-state index contributed by atoms with van der Waals surface area (Å²) < 4.78 is 0. The van der Waals surface area contributed by atoms with Crippen LogP contribution in [0.4, 0.5) is 0 Å². The molecule has 0 heterocycles. The summed E-state index contributed by atoms with van der Waals surface area (Å²) in [4.78, 5) is 0. The normalized spacial score (nSPS) is 12.1. The molecule has 0 N–H and O–H groups in total. The topological polar surface area (TPSA) is 0 Å². The van der Waals surface area contributed by atoms with Crippen molar-refractivity contribution in [2.45, 2.75) is 59.8 Å². The lowest BCUT2D eigenvalue weighted by Crippen LogP contribution is -1.79. The van der Waals surface area contributed by atoms with Crippen LogP contribution in [-0.2, 0) is 0 Å². The van der Waals surface area contributed by atoms with Crippen LogP contribution in [0.25, 0.3) is 0 Å². The molecule has 0 heteroatoms. The minimum absolute atomic E-state index is 1.21. The number of unbranched alkanes of at least 4 members (excludes halogenated alkanes) is 2. The Morgan fingerprint density at radius 1 is 1.07 bits per heavy atom. The molecule has 0 bridgehead atoms. The second-order valence-electron chi connectivity index (χ2n) is 4.27. The van der Waals surface area contributed by atoms with E-state index in [1.807, 2.05) is 0 Å². The lowest BCUT2D eigenvalue weighted by molar-refractivity contribution is 0.805. The van der Waals surface area contributed by atoms with E-state index in [0.717, 1.165) is 0 Å². The van der Waals surface area contributed by atoms with Gasteiger partial charge in [0.05, 0.1) is 0 Å². The van der Waals surface area contributed by atoms with E-state index >= 15 is 0 Å². The zero-order valence-corrected chi connectivity index (χ0v) is 10.8. The Hall–Kier alpha value is -0.780. The Bertz CT molecular complexity index is 224. The molecular weight excluding hydrogens is 180 g/mol. The molecule has 15 heavy (non-hydrogen) atoms. The van der Waals surface area contributed by atoms with E-state index in [9.17, 15) is 0 Å². The predicted molar refractivity (Wildman–Crippen MR) is 71.1 cm³/mol. The molecule has 0 saturated carbocycles. The molecule has 0 amide bonds. The van der Waals surface area contributed by atoms with E-state index < -0.39 is 0 Å². The summed E-state index contributed by atoms with van der Waals surface area (Å²) >= 11 is 0. The fraction of sp³-hybridized carbons (Fsp3) is 0.600. The fourth-order valence-electron chi connectivity index (χ4n) is 1.40. The lowest BCUT2D eigenvalue weighted by Gasteiger charge is -1.99. The number of allylic oxidation sites excluding steroid dienone is 6. The van der Waals surface area contributed by atoms with Crippen LogP contribution >= 0.6 is 0 Å². The van der Waals surface area contributed by atoms with Crippen LogP contribution in [0.3, 0.4) is 0 Å². The second-order valence-corrected chi connectivity index (χ2v) is 4.27. The van der Waals surface area contributed by atoms with Crippen LogP contribution < -0.4 is 0 Å². The van der Waals surface area contributed by atoms with Crippen molar-refractivity contribution in [1.82, 2.24) is 0 Å². The Labute approximate surface area is 95.8 Å². The van der Waals surface area contributed by atoms with Gasteiger partial charge in [-0.1, -0.05) is 68.6 Å². The van der Waals surface area contributed by atoms with Crippen molar-refractivity contribution in [3.05, 3.63) is 35.5 Å². The van der Waals surface area contributed by atoms with Crippen LogP contribution in [0.2, 0.25) is 0 Å².